The van der Waals surface area contributed by atoms with Crippen LogP contribution in [0.25, 0.3) is 56.3 Å². The van der Waals surface area contributed by atoms with Crippen molar-refractivity contribution in [3.63, 3.8) is 0 Å². The van der Waals surface area contributed by atoms with Crippen molar-refractivity contribution >= 4 is 28.9 Å². The molecule has 5 aromatic carbocycles. The molecule has 678 valence electrons. The monoisotopic (exact) mass is 2590 g/mol. The van der Waals surface area contributed by atoms with Gasteiger partial charge in [-0.3, -0.25) is 24.0 Å². The third-order valence-electron chi connectivity index (χ3n) is 14.5. The van der Waals surface area contributed by atoms with Crippen LogP contribution < -0.4 is 18.9 Å². The Bertz CT molecular complexity index is 4770. The molecule has 10 aromatic rings. The van der Waals surface area contributed by atoms with Crippen LogP contribution in [0.15, 0.2) is 224 Å². The molecule has 10 rings (SSSR count). The van der Waals surface area contributed by atoms with Crippen molar-refractivity contribution in [3.05, 3.63) is 304 Å². The summed E-state index contributed by atoms with van der Waals surface area (Å²) in [5, 5.41) is 97.0. The van der Waals surface area contributed by atoms with Crippen LogP contribution >= 0.6 is 0 Å². The summed E-state index contributed by atoms with van der Waals surface area (Å²) in [5.74, 6) is 2.60. The molecule has 0 aliphatic rings. The molecule has 0 radical (unpaired) electrons. The number of nitrogens with zero attached hydrogens (tertiary/aromatic N) is 5. The molecule has 30 heteroatoms. The molecule has 123 heavy (non-hydrogen) atoms. The van der Waals surface area contributed by atoms with Gasteiger partial charge in [0.2, 0.25) is 0 Å². The number of carbonyl (C=O) groups is 5. The van der Waals surface area contributed by atoms with Gasteiger partial charge in [0.15, 0.2) is 28.9 Å². The molecule has 0 aliphatic carbocycles. The third kappa shape index (κ3) is 53.2. The first kappa shape index (κ1) is 122. The van der Waals surface area contributed by atoms with E-state index in [1.807, 2.05) is 93.6 Å². The molecule has 0 saturated carbocycles. The van der Waals surface area contributed by atoms with Crippen LogP contribution in [0.1, 0.15) is 119 Å². The molecular weight excluding hydrogens is 2480 g/mol. The predicted molar refractivity (Wildman–Crippen MR) is 454 cm³/mol. The number of ketones is 5. The van der Waals surface area contributed by atoms with E-state index in [2.05, 4.69) is 55.3 Å². The first-order valence-electron chi connectivity index (χ1n) is 36.1. The predicted octanol–water partition coefficient (Wildman–Crippen LogP) is 15.8. The minimum atomic E-state index is -0.125. The summed E-state index contributed by atoms with van der Waals surface area (Å²) in [4.78, 5) is 71.4. The van der Waals surface area contributed by atoms with Gasteiger partial charge in [0.1, 0.15) is 0 Å². The van der Waals surface area contributed by atoms with Crippen molar-refractivity contribution in [1.82, 2.24) is 24.9 Å². The summed E-state index contributed by atoms with van der Waals surface area (Å²) >= 11 is 0. The van der Waals surface area contributed by atoms with Crippen molar-refractivity contribution in [1.29, 1.82) is 0 Å². The molecule has 0 fully saturated rings. The number of rotatable bonds is 20. The van der Waals surface area contributed by atoms with E-state index in [-0.39, 0.29) is 203 Å². The Kier molecular flexibility index (Phi) is 69.0. The van der Waals surface area contributed by atoms with E-state index in [1.54, 1.807) is 120 Å². The number of hydrogen-bond acceptors (Lipinski definition) is 25. The number of ether oxygens (including phenoxy) is 4. The minimum Gasteiger partial charge on any atom is -0.540 e. The first-order valence-corrected chi connectivity index (χ1v) is 36.1. The van der Waals surface area contributed by atoms with E-state index in [1.165, 1.54) is 99.6 Å². The number of aryl methyl sites for hydroxylation is 3. The Morgan fingerprint density at radius 1 is 0.309 bits per heavy atom. The van der Waals surface area contributed by atoms with Crippen LogP contribution in [0.5, 0.6) is 23.0 Å². The van der Waals surface area contributed by atoms with E-state index >= 15 is 0 Å². The topological polar surface area (TPSA) is 409 Å². The van der Waals surface area contributed by atoms with Crippen molar-refractivity contribution in [2.75, 3.05) is 28.4 Å². The van der Waals surface area contributed by atoms with Gasteiger partial charge in [-0.1, -0.05) is 79.1 Å². The Labute approximate surface area is 792 Å². The Morgan fingerprint density at radius 2 is 0.618 bits per heavy atom. The summed E-state index contributed by atoms with van der Waals surface area (Å²) in [6.07, 6.45) is 14.3. The number of aliphatic hydroxyl groups is 11. The summed E-state index contributed by atoms with van der Waals surface area (Å²) in [6, 6.07) is 56.1. The third-order valence-corrected chi connectivity index (χ3v) is 14.5. The second kappa shape index (κ2) is 69.7. The van der Waals surface area contributed by atoms with Crippen molar-refractivity contribution in [3.8, 4) is 79.3 Å². The molecule has 0 aliphatic heterocycles. The zero-order valence-corrected chi connectivity index (χ0v) is 82.5. The molecule has 5 heterocycles. The van der Waals surface area contributed by atoms with E-state index in [4.69, 9.17) is 59.8 Å². The Balaban J connectivity index is -0.000000427. The molecule has 5 aromatic heterocycles. The number of carbonyl (C=O) groups excluding carboxylic acids is 5. The fourth-order valence-electron chi connectivity index (χ4n) is 9.50. The van der Waals surface area contributed by atoms with Gasteiger partial charge < -0.3 is 100 Å². The first-order chi connectivity index (χ1) is 56.0. The average molecular weight is 2590 g/mol. The second-order valence-electron chi connectivity index (χ2n) is 25.2. The standard InChI is InChI=1S/3C14H14NO2.2C13H12NO2.5C5H8O2.5Pt/c1-10-7-12(17-2)3-4-13(10)14-8-11(9-16)5-6-15-14;1-10-5-6-15-14(7-10)13-4-3-12(17-2)8-11(13)9-16;1-10-2-3-13(12(6-10)9-17)14-7-11(8-16)4-5-15-14;1-16-12-4-2-11(3-5-12)13-8-10(9-15)6-7-14-13;1-16-11-5-6-12(10(8-11)9-15)13-4-2-3-7-14-13;5*1-4(6)3-5(2)7;;;;;/h2*3,5-8,16H,9H2,1-2H3;2,4-7,16-17H,8-9H2,1H3;2,4-8,15H,9H2,1H3;2-5,7-8,15H,9H2,1H3;5*3,6H,1-2H3;;;;;/q5*-1;;;;;;;;;;. The number of methoxy groups -OCH3 is 4. The molecule has 0 atom stereocenters. The molecule has 0 bridgehead atoms. The van der Waals surface area contributed by atoms with Gasteiger partial charge >= 0.3 is 0 Å². The molecule has 25 nitrogen and oxygen atoms in total. The van der Waals surface area contributed by atoms with Gasteiger partial charge in [-0.2, -0.15) is 0 Å². The second-order valence-corrected chi connectivity index (χ2v) is 25.2. The van der Waals surface area contributed by atoms with Crippen molar-refractivity contribution in [2.45, 2.75) is 130 Å². The Morgan fingerprint density at radius 3 is 0.927 bits per heavy atom. The van der Waals surface area contributed by atoms with Crippen molar-refractivity contribution < 1.29 is 204 Å². The van der Waals surface area contributed by atoms with E-state index in [0.29, 0.717) is 11.5 Å². The zero-order chi connectivity index (χ0) is 88.8. The van der Waals surface area contributed by atoms with Crippen LogP contribution in [0.2, 0.25) is 0 Å². The van der Waals surface area contributed by atoms with E-state index in [0.717, 1.165) is 118 Å². The number of hydrogen-bond donors (Lipinski definition) is 11. The maximum Gasteiger partial charge on any atom is 0.155 e. The fourth-order valence-corrected chi connectivity index (χ4v) is 9.50. The summed E-state index contributed by atoms with van der Waals surface area (Å²) in [7, 11) is 6.43. The maximum absolute atomic E-state index is 10.0. The summed E-state index contributed by atoms with van der Waals surface area (Å²) in [6.45, 7) is 20.1. The average Bonchev–Trinajstić information content (AvgIpc) is 0.842. The molecule has 11 N–H and O–H groups in total. The van der Waals surface area contributed by atoms with Crippen LogP contribution in [0.3, 0.4) is 0 Å². The quantitative estimate of drug-likeness (QED) is 0.0192. The minimum absolute atomic E-state index is 0. The maximum atomic E-state index is 10.0. The van der Waals surface area contributed by atoms with Gasteiger partial charge in [-0.05, 0) is 152 Å². The molecule has 0 amide bonds. The summed E-state index contributed by atoms with van der Waals surface area (Å²) in [5.41, 5.74) is 16.2. The van der Waals surface area contributed by atoms with Gasteiger partial charge in [0.25, 0.3) is 0 Å². The molecule has 0 spiro atoms. The fraction of sp³-hybridized carbons (Fsp3) is 0.247. The number of aliphatic hydroxyl groups excluding tert-OH is 11. The SMILES string of the molecule is CC(=O)C=C(C)O.CC(=O)C=C(C)O.CC(=O)C=C(C)O.CC(=O)C=C(C)O.CC(=O)C=C(C)O.COc1c[c-]c(-c2cc(C)ccn2)c(CO)c1.COc1c[c-]c(-c2cc(CO)ccn2)c(C)c1.COc1c[c-]c(-c2cc(CO)ccn2)cc1.COc1c[c-]c(-c2ccccn2)c(CO)c1.Cc1c[c-]c(-c2cc(CO)ccn2)c(CO)c1.[Pt].[Pt].[Pt].[Pt].[Pt]. The van der Waals surface area contributed by atoms with Crippen LogP contribution in [0.4, 0.5) is 0 Å². The van der Waals surface area contributed by atoms with Crippen molar-refractivity contribution in [2.24, 2.45) is 0 Å². The number of benzene rings is 5. The number of allylic oxidation sites excluding steroid dienone is 10. The number of aromatic nitrogens is 5. The van der Waals surface area contributed by atoms with Crippen LogP contribution in [-0.2, 0) is 169 Å². The summed E-state index contributed by atoms with van der Waals surface area (Å²) < 4.78 is 20.4. The number of pyridine rings is 5. The largest absolute Gasteiger partial charge is 0.540 e. The van der Waals surface area contributed by atoms with Gasteiger partial charge in [0.05, 0.1) is 77.1 Å². The normalized spacial score (nSPS) is 10.2. The molecule has 0 unspecified atom stereocenters. The van der Waals surface area contributed by atoms with Gasteiger partial charge in [0, 0.05) is 210 Å². The molecular formula is C93H106N5O20Pt5-5. The Hall–Kier alpha value is -9.70. The molecule has 0 saturated heterocycles. The van der Waals surface area contributed by atoms with Crippen LogP contribution in [-0.4, -0.2) is 138 Å². The smallest absolute Gasteiger partial charge is 0.155 e. The van der Waals surface area contributed by atoms with E-state index in [9.17, 15) is 39.3 Å². The van der Waals surface area contributed by atoms with Gasteiger partial charge in [-0.15, -0.1) is 129 Å². The van der Waals surface area contributed by atoms with E-state index < -0.39 is 0 Å². The zero-order valence-electron chi connectivity index (χ0n) is 71.1. The van der Waals surface area contributed by atoms with Crippen LogP contribution in [0, 0.1) is 51.1 Å². The van der Waals surface area contributed by atoms with Gasteiger partial charge in [-0.25, -0.2) is 0 Å².